The minimum absolute atomic E-state index is 0.0652. The third kappa shape index (κ3) is 3.37. The van der Waals surface area contributed by atoms with E-state index in [1.165, 1.54) is 0 Å². The second-order valence-electron chi connectivity index (χ2n) is 4.03. The molecule has 7 nitrogen and oxygen atoms in total. The Bertz CT molecular complexity index is 410. The van der Waals surface area contributed by atoms with Crippen molar-refractivity contribution in [3.63, 3.8) is 0 Å². The second kappa shape index (κ2) is 6.07. The van der Waals surface area contributed by atoms with Gasteiger partial charge in [0.2, 0.25) is 5.13 Å². The number of aryl methyl sites for hydroxylation is 1. The van der Waals surface area contributed by atoms with Crippen LogP contribution in [0.4, 0.5) is 9.93 Å². The van der Waals surface area contributed by atoms with Crippen LogP contribution < -0.4 is 5.32 Å². The standard InChI is InChI=1S/C10H16N4O3S/c1-7-11-9(18-13-7)12-10(16)14-3-5-17-8(6-14)2-4-15/h8,15H,2-6H2,1H3,(H,11,12,13,16). The van der Waals surface area contributed by atoms with Crippen molar-refractivity contribution in [3.8, 4) is 0 Å². The van der Waals surface area contributed by atoms with Gasteiger partial charge in [-0.3, -0.25) is 5.32 Å². The molecule has 2 N–H and O–H groups in total. The highest BCUT2D eigenvalue weighted by Gasteiger charge is 2.24. The molecule has 1 aliphatic rings. The van der Waals surface area contributed by atoms with Crippen LogP contribution in [0, 0.1) is 6.92 Å². The quantitative estimate of drug-likeness (QED) is 0.834. The molecule has 1 fully saturated rings. The maximum Gasteiger partial charge on any atom is 0.323 e. The molecule has 1 saturated heterocycles. The van der Waals surface area contributed by atoms with Crippen LogP contribution >= 0.6 is 11.5 Å². The highest BCUT2D eigenvalue weighted by molar-refractivity contribution is 7.09. The van der Waals surface area contributed by atoms with Crippen molar-refractivity contribution in [2.75, 3.05) is 31.6 Å². The Kier molecular flexibility index (Phi) is 4.45. The van der Waals surface area contributed by atoms with Gasteiger partial charge < -0.3 is 14.7 Å². The maximum atomic E-state index is 12.0. The number of nitrogens with zero attached hydrogens (tertiary/aromatic N) is 3. The molecule has 2 amide bonds. The summed E-state index contributed by atoms with van der Waals surface area (Å²) in [6.45, 7) is 3.37. The predicted octanol–water partition coefficient (Wildman–Crippen LogP) is 0.462. The number of aromatic nitrogens is 2. The van der Waals surface area contributed by atoms with Gasteiger partial charge in [0, 0.05) is 31.2 Å². The van der Waals surface area contributed by atoms with Crippen molar-refractivity contribution in [2.24, 2.45) is 0 Å². The molecule has 2 rings (SSSR count). The molecular weight excluding hydrogens is 256 g/mol. The van der Waals surface area contributed by atoms with Crippen molar-refractivity contribution in [1.29, 1.82) is 0 Å². The first-order chi connectivity index (χ1) is 8.69. The van der Waals surface area contributed by atoms with Crippen LogP contribution in [0.5, 0.6) is 0 Å². The number of hydrogen-bond donors (Lipinski definition) is 2. The molecule has 1 aliphatic heterocycles. The zero-order valence-corrected chi connectivity index (χ0v) is 10.9. The zero-order valence-electron chi connectivity index (χ0n) is 10.1. The van der Waals surface area contributed by atoms with Crippen LogP contribution in [0.2, 0.25) is 0 Å². The van der Waals surface area contributed by atoms with Crippen molar-refractivity contribution < 1.29 is 14.6 Å². The fourth-order valence-electron chi connectivity index (χ4n) is 1.74. The molecule has 0 bridgehead atoms. The molecule has 0 aromatic carbocycles. The Balaban J connectivity index is 1.88. The first kappa shape index (κ1) is 13.2. The van der Waals surface area contributed by atoms with E-state index in [-0.39, 0.29) is 18.7 Å². The monoisotopic (exact) mass is 272 g/mol. The topological polar surface area (TPSA) is 87.6 Å². The summed E-state index contributed by atoms with van der Waals surface area (Å²) in [4.78, 5) is 17.7. The van der Waals surface area contributed by atoms with Gasteiger partial charge >= 0.3 is 6.03 Å². The minimum Gasteiger partial charge on any atom is -0.396 e. The van der Waals surface area contributed by atoms with E-state index in [4.69, 9.17) is 9.84 Å². The van der Waals surface area contributed by atoms with E-state index in [0.29, 0.717) is 37.1 Å². The van der Waals surface area contributed by atoms with E-state index in [1.54, 1.807) is 11.8 Å². The molecule has 18 heavy (non-hydrogen) atoms. The maximum absolute atomic E-state index is 12.0. The Morgan fingerprint density at radius 3 is 3.22 bits per heavy atom. The first-order valence-corrected chi connectivity index (χ1v) is 6.55. The van der Waals surface area contributed by atoms with Gasteiger partial charge in [-0.1, -0.05) is 0 Å². The predicted molar refractivity (Wildman–Crippen MR) is 66.7 cm³/mol. The summed E-state index contributed by atoms with van der Waals surface area (Å²) < 4.78 is 9.44. The van der Waals surface area contributed by atoms with E-state index < -0.39 is 0 Å². The normalized spacial score (nSPS) is 19.9. The fourth-order valence-corrected chi connectivity index (χ4v) is 2.31. The number of morpholine rings is 1. The molecule has 8 heteroatoms. The lowest BCUT2D eigenvalue weighted by atomic mass is 10.2. The summed E-state index contributed by atoms with van der Waals surface area (Å²) in [6.07, 6.45) is 0.451. The Labute approximate surface area is 109 Å². The molecule has 2 heterocycles. The van der Waals surface area contributed by atoms with Gasteiger partial charge in [-0.15, -0.1) is 0 Å². The van der Waals surface area contributed by atoms with E-state index in [0.717, 1.165) is 11.5 Å². The Morgan fingerprint density at radius 1 is 1.72 bits per heavy atom. The van der Waals surface area contributed by atoms with Crippen molar-refractivity contribution in [2.45, 2.75) is 19.4 Å². The van der Waals surface area contributed by atoms with E-state index in [1.807, 2.05) is 0 Å². The number of ether oxygens (including phenoxy) is 1. The SMILES string of the molecule is Cc1nsc(NC(=O)N2CCOC(CCO)C2)n1. The van der Waals surface area contributed by atoms with Gasteiger partial charge in [0.15, 0.2) is 0 Å². The molecule has 1 atom stereocenters. The molecule has 0 aliphatic carbocycles. The minimum atomic E-state index is -0.197. The fraction of sp³-hybridized carbons (Fsp3) is 0.700. The molecule has 1 aromatic heterocycles. The molecule has 0 radical (unpaired) electrons. The van der Waals surface area contributed by atoms with Gasteiger partial charge in [0.25, 0.3) is 0 Å². The lowest BCUT2D eigenvalue weighted by molar-refractivity contribution is -0.0229. The van der Waals surface area contributed by atoms with Crippen LogP contribution in [0.3, 0.4) is 0 Å². The summed E-state index contributed by atoms with van der Waals surface area (Å²) in [5.41, 5.74) is 0. The average molecular weight is 272 g/mol. The summed E-state index contributed by atoms with van der Waals surface area (Å²) in [5, 5.41) is 12.1. The van der Waals surface area contributed by atoms with Gasteiger partial charge in [0.1, 0.15) is 5.82 Å². The number of urea groups is 1. The number of aliphatic hydroxyl groups is 1. The number of carbonyl (C=O) groups is 1. The zero-order chi connectivity index (χ0) is 13.0. The van der Waals surface area contributed by atoms with Gasteiger partial charge in [-0.25, -0.2) is 9.78 Å². The smallest absolute Gasteiger partial charge is 0.323 e. The molecule has 1 unspecified atom stereocenters. The molecule has 0 saturated carbocycles. The van der Waals surface area contributed by atoms with E-state index in [9.17, 15) is 4.79 Å². The van der Waals surface area contributed by atoms with Gasteiger partial charge in [-0.2, -0.15) is 4.37 Å². The molecule has 0 spiro atoms. The Morgan fingerprint density at radius 2 is 2.56 bits per heavy atom. The molecule has 1 aromatic rings. The first-order valence-electron chi connectivity index (χ1n) is 5.77. The number of anilines is 1. The van der Waals surface area contributed by atoms with Crippen LogP contribution in [0.1, 0.15) is 12.2 Å². The van der Waals surface area contributed by atoms with Crippen molar-refractivity contribution >= 4 is 22.7 Å². The Hall–Kier alpha value is -1.25. The third-order valence-corrected chi connectivity index (χ3v) is 3.34. The van der Waals surface area contributed by atoms with Crippen LogP contribution in [0.25, 0.3) is 0 Å². The van der Waals surface area contributed by atoms with Gasteiger partial charge in [0.05, 0.1) is 12.7 Å². The number of hydrogen-bond acceptors (Lipinski definition) is 6. The summed E-state index contributed by atoms with van der Waals surface area (Å²) in [6, 6.07) is -0.197. The number of rotatable bonds is 3. The summed E-state index contributed by atoms with van der Waals surface area (Å²) in [7, 11) is 0. The van der Waals surface area contributed by atoms with Crippen molar-refractivity contribution in [1.82, 2.24) is 14.3 Å². The highest BCUT2D eigenvalue weighted by atomic mass is 32.1. The van der Waals surface area contributed by atoms with Crippen LogP contribution in [0.15, 0.2) is 0 Å². The molecule has 100 valence electrons. The number of nitrogens with one attached hydrogen (secondary N) is 1. The molecular formula is C10H16N4O3S. The summed E-state index contributed by atoms with van der Waals surface area (Å²) >= 11 is 1.16. The highest BCUT2D eigenvalue weighted by Crippen LogP contribution is 2.13. The number of aliphatic hydroxyl groups excluding tert-OH is 1. The van der Waals surface area contributed by atoms with E-state index >= 15 is 0 Å². The average Bonchev–Trinajstić information content (AvgIpc) is 2.75. The number of amides is 2. The van der Waals surface area contributed by atoms with Crippen molar-refractivity contribution in [3.05, 3.63) is 5.82 Å². The number of carbonyl (C=O) groups excluding carboxylic acids is 1. The largest absolute Gasteiger partial charge is 0.396 e. The third-order valence-electron chi connectivity index (χ3n) is 2.62. The van der Waals surface area contributed by atoms with E-state index in [2.05, 4.69) is 14.7 Å². The van der Waals surface area contributed by atoms with Crippen LogP contribution in [-0.2, 0) is 4.74 Å². The van der Waals surface area contributed by atoms with Crippen LogP contribution in [-0.4, -0.2) is 57.8 Å². The lowest BCUT2D eigenvalue weighted by Gasteiger charge is -2.32. The van der Waals surface area contributed by atoms with Gasteiger partial charge in [-0.05, 0) is 13.3 Å². The second-order valence-corrected chi connectivity index (χ2v) is 4.78. The summed E-state index contributed by atoms with van der Waals surface area (Å²) in [5.74, 6) is 0.649. The lowest BCUT2D eigenvalue weighted by Crippen LogP contribution is -2.47.